The number of benzene rings is 1. The summed E-state index contributed by atoms with van der Waals surface area (Å²) in [5, 5.41) is 1.15. The zero-order valence-corrected chi connectivity index (χ0v) is 10.6. The average molecular weight is 271 g/mol. The summed E-state index contributed by atoms with van der Waals surface area (Å²) < 4.78 is 4.89. The number of esters is 1. The van der Waals surface area contributed by atoms with E-state index in [1.165, 1.54) is 6.20 Å². The van der Waals surface area contributed by atoms with Crippen LogP contribution in [0.1, 0.15) is 17.3 Å². The second kappa shape index (κ2) is 5.84. The molecule has 0 fully saturated rings. The van der Waals surface area contributed by atoms with Crippen molar-refractivity contribution in [3.05, 3.63) is 41.0 Å². The Morgan fingerprint density at radius 3 is 2.82 bits per heavy atom. The number of halogens is 2. The Kier molecular flexibility index (Phi) is 4.73. The van der Waals surface area contributed by atoms with Gasteiger partial charge in [-0.1, -0.05) is 29.8 Å². The maximum Gasteiger partial charge on any atom is 0.341 e. The lowest BCUT2D eigenvalue weighted by atomic mass is 10.1. The van der Waals surface area contributed by atoms with E-state index in [0.29, 0.717) is 17.2 Å². The highest BCUT2D eigenvalue weighted by molar-refractivity contribution is 6.38. The molecule has 0 aliphatic rings. The minimum absolute atomic E-state index is 0. The minimum atomic E-state index is -0.439. The number of carbonyl (C=O) groups excluding carboxylic acids is 1. The van der Waals surface area contributed by atoms with E-state index in [1.54, 1.807) is 6.92 Å². The van der Waals surface area contributed by atoms with Crippen LogP contribution in [-0.2, 0) is 4.74 Å². The van der Waals surface area contributed by atoms with Gasteiger partial charge in [-0.2, -0.15) is 0 Å². The van der Waals surface area contributed by atoms with E-state index in [4.69, 9.17) is 16.3 Å². The third kappa shape index (κ3) is 2.68. The molecule has 3 nitrogen and oxygen atoms in total. The van der Waals surface area contributed by atoms with E-state index < -0.39 is 5.97 Å². The topological polar surface area (TPSA) is 39.2 Å². The van der Waals surface area contributed by atoms with E-state index in [2.05, 4.69) is 4.98 Å². The number of rotatable bonds is 2. The average Bonchev–Trinajstić information content (AvgIpc) is 2.30. The highest BCUT2D eigenvalue weighted by Crippen LogP contribution is 2.25. The van der Waals surface area contributed by atoms with E-state index in [0.717, 1.165) is 10.9 Å². The monoisotopic (exact) mass is 270 g/mol. The molecule has 1 aromatic heterocycles. The van der Waals surface area contributed by atoms with Crippen molar-refractivity contribution in [2.45, 2.75) is 6.92 Å². The summed E-state index contributed by atoms with van der Waals surface area (Å²) in [5.74, 6) is -0.439. The third-order valence-corrected chi connectivity index (χ3v) is 2.61. The number of aromatic nitrogens is 1. The molecule has 1 heterocycles. The molecule has 0 aliphatic heterocycles. The molecular weight excluding hydrogens is 261 g/mol. The molecule has 5 heteroatoms. The Bertz CT molecular complexity index is 543. The molecular formula is C12H10Cl2NO2-. The van der Waals surface area contributed by atoms with E-state index in [1.807, 2.05) is 24.3 Å². The lowest BCUT2D eigenvalue weighted by Crippen LogP contribution is -3.00. The number of carbonyl (C=O) groups is 1. The molecule has 0 aliphatic carbocycles. The highest BCUT2D eigenvalue weighted by atomic mass is 35.5. The maximum atomic E-state index is 11.6. The van der Waals surface area contributed by atoms with Crippen LogP contribution in [0.5, 0.6) is 0 Å². The molecule has 0 radical (unpaired) electrons. The second-order valence-electron chi connectivity index (χ2n) is 3.22. The molecule has 0 atom stereocenters. The molecule has 90 valence electrons. The molecule has 0 N–H and O–H groups in total. The first-order valence-electron chi connectivity index (χ1n) is 4.94. The van der Waals surface area contributed by atoms with E-state index in [-0.39, 0.29) is 12.4 Å². The SMILES string of the molecule is CCOC(=O)c1cnc2ccccc2c1Cl.[Cl-]. The lowest BCUT2D eigenvalue weighted by molar-refractivity contribution is -0.0000214. The van der Waals surface area contributed by atoms with Gasteiger partial charge in [0.1, 0.15) is 0 Å². The fraction of sp³-hybridized carbons (Fsp3) is 0.167. The fourth-order valence-corrected chi connectivity index (χ4v) is 1.74. The van der Waals surface area contributed by atoms with Crippen LogP contribution < -0.4 is 12.4 Å². The molecule has 0 amide bonds. The molecule has 0 unspecified atom stereocenters. The fourth-order valence-electron chi connectivity index (χ4n) is 1.46. The summed E-state index contributed by atoms with van der Waals surface area (Å²) in [4.78, 5) is 15.7. The number of pyridine rings is 1. The van der Waals surface area contributed by atoms with Crippen molar-refractivity contribution in [3.63, 3.8) is 0 Å². The van der Waals surface area contributed by atoms with Crippen LogP contribution in [0.15, 0.2) is 30.5 Å². The zero-order chi connectivity index (χ0) is 11.5. The van der Waals surface area contributed by atoms with Gasteiger partial charge in [0.25, 0.3) is 0 Å². The van der Waals surface area contributed by atoms with Gasteiger partial charge in [-0.05, 0) is 13.0 Å². The van der Waals surface area contributed by atoms with Crippen molar-refractivity contribution in [2.24, 2.45) is 0 Å². The van der Waals surface area contributed by atoms with Crippen molar-refractivity contribution in [1.29, 1.82) is 0 Å². The predicted octanol–water partition coefficient (Wildman–Crippen LogP) is 0.0689. The van der Waals surface area contributed by atoms with Crippen LogP contribution >= 0.6 is 11.6 Å². The summed E-state index contributed by atoms with van der Waals surface area (Å²) in [7, 11) is 0. The number of ether oxygens (including phenoxy) is 1. The Morgan fingerprint density at radius 1 is 1.41 bits per heavy atom. The van der Waals surface area contributed by atoms with Crippen LogP contribution in [0.4, 0.5) is 0 Å². The second-order valence-corrected chi connectivity index (χ2v) is 3.60. The van der Waals surface area contributed by atoms with Crippen molar-refractivity contribution in [3.8, 4) is 0 Å². The van der Waals surface area contributed by atoms with Gasteiger partial charge in [-0.15, -0.1) is 0 Å². The molecule has 0 saturated heterocycles. The van der Waals surface area contributed by atoms with Gasteiger partial charge in [0.2, 0.25) is 0 Å². The predicted molar refractivity (Wildman–Crippen MR) is 62.7 cm³/mol. The number of nitrogens with zero attached hydrogens (tertiary/aromatic N) is 1. The van der Waals surface area contributed by atoms with Gasteiger partial charge in [0, 0.05) is 11.6 Å². The van der Waals surface area contributed by atoms with Crippen molar-refractivity contribution >= 4 is 28.5 Å². The lowest BCUT2D eigenvalue weighted by Gasteiger charge is -2.05. The largest absolute Gasteiger partial charge is 1.00 e. The summed E-state index contributed by atoms with van der Waals surface area (Å²) >= 11 is 6.13. The molecule has 2 aromatic rings. The highest BCUT2D eigenvalue weighted by Gasteiger charge is 2.14. The van der Waals surface area contributed by atoms with E-state index >= 15 is 0 Å². The number of hydrogen-bond acceptors (Lipinski definition) is 3. The van der Waals surface area contributed by atoms with Crippen molar-refractivity contribution in [2.75, 3.05) is 6.61 Å². The molecule has 2 rings (SSSR count). The summed E-state index contributed by atoms with van der Waals surface area (Å²) in [6.45, 7) is 2.07. The van der Waals surface area contributed by atoms with Crippen LogP contribution in [-0.4, -0.2) is 17.6 Å². The van der Waals surface area contributed by atoms with E-state index in [9.17, 15) is 4.79 Å². The summed E-state index contributed by atoms with van der Waals surface area (Å²) in [5.41, 5.74) is 1.07. The Labute approximate surface area is 110 Å². The molecule has 17 heavy (non-hydrogen) atoms. The van der Waals surface area contributed by atoms with Gasteiger partial charge in [0.05, 0.1) is 22.7 Å². The van der Waals surface area contributed by atoms with Crippen molar-refractivity contribution < 1.29 is 21.9 Å². The van der Waals surface area contributed by atoms with Crippen molar-refractivity contribution in [1.82, 2.24) is 4.98 Å². The molecule has 0 bridgehead atoms. The summed E-state index contributed by atoms with van der Waals surface area (Å²) in [6, 6.07) is 7.39. The minimum Gasteiger partial charge on any atom is -1.00 e. The first-order valence-corrected chi connectivity index (χ1v) is 5.32. The van der Waals surface area contributed by atoms with Crippen LogP contribution in [0, 0.1) is 0 Å². The Hall–Kier alpha value is -1.32. The molecule has 0 spiro atoms. The smallest absolute Gasteiger partial charge is 0.341 e. The van der Waals surface area contributed by atoms with Gasteiger partial charge < -0.3 is 17.1 Å². The number of fused-ring (bicyclic) bond motifs is 1. The van der Waals surface area contributed by atoms with Crippen LogP contribution in [0.25, 0.3) is 10.9 Å². The summed E-state index contributed by atoms with van der Waals surface area (Å²) in [6.07, 6.45) is 1.45. The van der Waals surface area contributed by atoms with Gasteiger partial charge in [0.15, 0.2) is 0 Å². The molecule has 0 saturated carbocycles. The van der Waals surface area contributed by atoms with Crippen LogP contribution in [0.2, 0.25) is 5.02 Å². The zero-order valence-electron chi connectivity index (χ0n) is 9.11. The number of para-hydroxylation sites is 1. The quantitative estimate of drug-likeness (QED) is 0.726. The normalized spacial score (nSPS) is 9.76. The Morgan fingerprint density at radius 2 is 2.12 bits per heavy atom. The van der Waals surface area contributed by atoms with Crippen LogP contribution in [0.3, 0.4) is 0 Å². The third-order valence-electron chi connectivity index (χ3n) is 2.21. The molecule has 1 aromatic carbocycles. The maximum absolute atomic E-state index is 11.6. The standard InChI is InChI=1S/C12H10ClNO2.ClH/c1-2-16-12(15)9-7-14-10-6-4-3-5-8(10)11(9)13;/h3-7H,2H2,1H3;1H/p-1. The number of hydrogen-bond donors (Lipinski definition) is 0. The van der Waals surface area contributed by atoms with Gasteiger partial charge >= 0.3 is 5.97 Å². The first kappa shape index (κ1) is 13.7. The first-order chi connectivity index (χ1) is 7.74. The van der Waals surface area contributed by atoms with Gasteiger partial charge in [-0.25, -0.2) is 4.79 Å². The van der Waals surface area contributed by atoms with Gasteiger partial charge in [-0.3, -0.25) is 4.98 Å². The Balaban J connectivity index is 0.00000144.